The van der Waals surface area contributed by atoms with E-state index in [4.69, 9.17) is 0 Å². The molecule has 2 rings (SSSR count). The summed E-state index contributed by atoms with van der Waals surface area (Å²) in [6.45, 7) is 8.74. The Hall–Kier alpha value is -1.69. The molecule has 1 aliphatic heterocycles. The molecule has 1 saturated heterocycles. The molecule has 1 aromatic heterocycles. The lowest BCUT2D eigenvalue weighted by Crippen LogP contribution is -2.57. The Morgan fingerprint density at radius 2 is 2.21 bits per heavy atom. The monoisotopic (exact) mass is 264 g/mol. The van der Waals surface area contributed by atoms with Crippen molar-refractivity contribution in [2.24, 2.45) is 0 Å². The molecule has 0 amide bonds. The molecule has 6 heteroatoms. The Labute approximate surface area is 113 Å². The fourth-order valence-electron chi connectivity index (χ4n) is 2.23. The van der Waals surface area contributed by atoms with Gasteiger partial charge >= 0.3 is 5.97 Å². The van der Waals surface area contributed by atoms with Crippen molar-refractivity contribution in [3.63, 3.8) is 0 Å². The highest BCUT2D eigenvalue weighted by Gasteiger charge is 2.27. The average molecular weight is 264 g/mol. The maximum absolute atomic E-state index is 11.5. The van der Waals surface area contributed by atoms with Gasteiger partial charge in [-0.2, -0.15) is 0 Å². The normalized spacial score (nSPS) is 18.2. The van der Waals surface area contributed by atoms with E-state index < -0.39 is 5.97 Å². The molecule has 19 heavy (non-hydrogen) atoms. The van der Waals surface area contributed by atoms with Gasteiger partial charge in [0.15, 0.2) is 0 Å². The van der Waals surface area contributed by atoms with Crippen LogP contribution in [0.25, 0.3) is 0 Å². The van der Waals surface area contributed by atoms with Crippen molar-refractivity contribution in [1.82, 2.24) is 15.3 Å². The summed E-state index contributed by atoms with van der Waals surface area (Å²) in [4.78, 5) is 22.1. The number of methoxy groups -OCH3 is 1. The van der Waals surface area contributed by atoms with Crippen LogP contribution in [-0.2, 0) is 4.74 Å². The van der Waals surface area contributed by atoms with Crippen LogP contribution < -0.4 is 10.2 Å². The highest BCUT2D eigenvalue weighted by atomic mass is 16.5. The second kappa shape index (κ2) is 5.13. The SMILES string of the molecule is COC(=O)c1nc(C)cc(N2CCNC(C)(C)C2)n1. The molecule has 1 fully saturated rings. The lowest BCUT2D eigenvalue weighted by molar-refractivity contribution is 0.0586. The first-order valence-electron chi connectivity index (χ1n) is 6.35. The van der Waals surface area contributed by atoms with Gasteiger partial charge in [0.05, 0.1) is 7.11 Å². The summed E-state index contributed by atoms with van der Waals surface area (Å²) in [6, 6.07) is 1.90. The first kappa shape index (κ1) is 13.7. The lowest BCUT2D eigenvalue weighted by atomic mass is 10.0. The minimum Gasteiger partial charge on any atom is -0.463 e. The molecule has 0 aromatic carbocycles. The van der Waals surface area contributed by atoms with E-state index in [1.807, 2.05) is 13.0 Å². The number of aromatic nitrogens is 2. The van der Waals surface area contributed by atoms with Gasteiger partial charge in [0, 0.05) is 36.9 Å². The van der Waals surface area contributed by atoms with Crippen LogP contribution in [-0.4, -0.2) is 48.2 Å². The van der Waals surface area contributed by atoms with Gasteiger partial charge in [0.25, 0.3) is 0 Å². The summed E-state index contributed by atoms with van der Waals surface area (Å²) in [7, 11) is 1.33. The molecule has 1 aromatic rings. The average Bonchev–Trinajstić information content (AvgIpc) is 2.36. The second-order valence-electron chi connectivity index (χ2n) is 5.41. The molecule has 0 bridgehead atoms. The third kappa shape index (κ3) is 3.20. The number of carbonyl (C=O) groups is 1. The van der Waals surface area contributed by atoms with Crippen molar-refractivity contribution in [1.29, 1.82) is 0 Å². The number of nitrogens with zero attached hydrogens (tertiary/aromatic N) is 3. The standard InChI is InChI=1S/C13H20N4O2/c1-9-7-10(16-11(15-9)12(18)19-4)17-6-5-14-13(2,3)8-17/h7,14H,5-6,8H2,1-4H3. The van der Waals surface area contributed by atoms with E-state index >= 15 is 0 Å². The maximum atomic E-state index is 11.5. The fourth-order valence-corrected chi connectivity index (χ4v) is 2.23. The van der Waals surface area contributed by atoms with E-state index in [2.05, 4.69) is 38.8 Å². The van der Waals surface area contributed by atoms with E-state index in [9.17, 15) is 4.79 Å². The summed E-state index contributed by atoms with van der Waals surface area (Å²) in [5.74, 6) is 0.399. The summed E-state index contributed by atoms with van der Waals surface area (Å²) in [5, 5.41) is 3.44. The van der Waals surface area contributed by atoms with Crippen LogP contribution in [0.3, 0.4) is 0 Å². The fraction of sp³-hybridized carbons (Fsp3) is 0.615. The number of nitrogens with one attached hydrogen (secondary N) is 1. The van der Waals surface area contributed by atoms with Crippen LogP contribution in [0.4, 0.5) is 5.82 Å². The first-order valence-corrected chi connectivity index (χ1v) is 6.35. The molecule has 2 heterocycles. The smallest absolute Gasteiger partial charge is 0.376 e. The largest absolute Gasteiger partial charge is 0.463 e. The van der Waals surface area contributed by atoms with Crippen molar-refractivity contribution < 1.29 is 9.53 Å². The highest BCUT2D eigenvalue weighted by Crippen LogP contribution is 2.18. The van der Waals surface area contributed by atoms with Gasteiger partial charge in [-0.05, 0) is 20.8 Å². The topological polar surface area (TPSA) is 67.3 Å². The number of ether oxygens (including phenoxy) is 1. The lowest BCUT2D eigenvalue weighted by Gasteiger charge is -2.39. The van der Waals surface area contributed by atoms with Gasteiger partial charge in [-0.25, -0.2) is 14.8 Å². The van der Waals surface area contributed by atoms with Crippen molar-refractivity contribution >= 4 is 11.8 Å². The summed E-state index contributed by atoms with van der Waals surface area (Å²) in [6.07, 6.45) is 0. The van der Waals surface area contributed by atoms with Gasteiger partial charge < -0.3 is 15.0 Å². The molecule has 0 saturated carbocycles. The molecular formula is C13H20N4O2. The minimum atomic E-state index is -0.501. The number of carbonyl (C=O) groups excluding carboxylic acids is 1. The molecule has 0 radical (unpaired) electrons. The van der Waals surface area contributed by atoms with E-state index in [1.165, 1.54) is 7.11 Å². The Morgan fingerprint density at radius 1 is 1.47 bits per heavy atom. The van der Waals surface area contributed by atoms with Crippen molar-refractivity contribution in [3.05, 3.63) is 17.6 Å². The van der Waals surface area contributed by atoms with Gasteiger partial charge in [0.2, 0.25) is 5.82 Å². The van der Waals surface area contributed by atoms with E-state index in [1.54, 1.807) is 0 Å². The van der Waals surface area contributed by atoms with Crippen LogP contribution in [0.2, 0.25) is 0 Å². The predicted molar refractivity (Wildman–Crippen MR) is 72.4 cm³/mol. The molecule has 0 spiro atoms. The molecule has 0 unspecified atom stereocenters. The number of piperazine rings is 1. The first-order chi connectivity index (χ1) is 8.91. The summed E-state index contributed by atoms with van der Waals surface area (Å²) in [5.41, 5.74) is 0.796. The van der Waals surface area contributed by atoms with Crippen LogP contribution in [0.15, 0.2) is 6.07 Å². The number of hydrogen-bond donors (Lipinski definition) is 1. The Kier molecular flexibility index (Phi) is 3.71. The zero-order valence-electron chi connectivity index (χ0n) is 11.9. The molecular weight excluding hydrogens is 244 g/mol. The van der Waals surface area contributed by atoms with Gasteiger partial charge in [-0.1, -0.05) is 0 Å². The quantitative estimate of drug-likeness (QED) is 0.795. The van der Waals surface area contributed by atoms with E-state index in [-0.39, 0.29) is 11.4 Å². The molecule has 0 aliphatic carbocycles. The van der Waals surface area contributed by atoms with Crippen molar-refractivity contribution in [3.8, 4) is 0 Å². The maximum Gasteiger partial charge on any atom is 0.376 e. The van der Waals surface area contributed by atoms with Crippen LogP contribution in [0.5, 0.6) is 0 Å². The van der Waals surface area contributed by atoms with Crippen LogP contribution >= 0.6 is 0 Å². The van der Waals surface area contributed by atoms with Crippen LogP contribution in [0.1, 0.15) is 30.2 Å². The molecule has 1 aliphatic rings. The Balaban J connectivity index is 2.29. The zero-order valence-corrected chi connectivity index (χ0v) is 11.9. The molecule has 6 nitrogen and oxygen atoms in total. The second-order valence-corrected chi connectivity index (χ2v) is 5.41. The van der Waals surface area contributed by atoms with E-state index in [0.717, 1.165) is 31.1 Å². The number of hydrogen-bond acceptors (Lipinski definition) is 6. The van der Waals surface area contributed by atoms with Crippen LogP contribution in [0, 0.1) is 6.92 Å². The summed E-state index contributed by atoms with van der Waals surface area (Å²) >= 11 is 0. The zero-order chi connectivity index (χ0) is 14.0. The predicted octanol–water partition coefficient (Wildman–Crippen LogP) is 0.760. The molecule has 104 valence electrons. The van der Waals surface area contributed by atoms with E-state index in [0.29, 0.717) is 0 Å². The van der Waals surface area contributed by atoms with Gasteiger partial charge in [-0.3, -0.25) is 0 Å². The third-order valence-electron chi connectivity index (χ3n) is 3.10. The summed E-state index contributed by atoms with van der Waals surface area (Å²) < 4.78 is 4.68. The number of anilines is 1. The Morgan fingerprint density at radius 3 is 2.84 bits per heavy atom. The van der Waals surface area contributed by atoms with Crippen molar-refractivity contribution in [2.45, 2.75) is 26.3 Å². The highest BCUT2D eigenvalue weighted by molar-refractivity contribution is 5.85. The number of aryl methyl sites for hydroxylation is 1. The third-order valence-corrected chi connectivity index (χ3v) is 3.10. The molecule has 1 N–H and O–H groups in total. The van der Waals surface area contributed by atoms with Crippen molar-refractivity contribution in [2.75, 3.05) is 31.6 Å². The van der Waals surface area contributed by atoms with Gasteiger partial charge in [0.1, 0.15) is 5.82 Å². The molecule has 0 atom stereocenters. The minimum absolute atomic E-state index is 0.0303. The number of esters is 1. The number of rotatable bonds is 2. The van der Waals surface area contributed by atoms with Gasteiger partial charge in [-0.15, -0.1) is 0 Å². The Bertz CT molecular complexity index is 488.